The summed E-state index contributed by atoms with van der Waals surface area (Å²) < 4.78 is 6.89. The number of unbranched alkanes of at least 4 members (excludes halogenated alkanes) is 2. The molecule has 0 amide bonds. The van der Waals surface area contributed by atoms with Crippen LogP contribution >= 0.6 is 0 Å². The predicted molar refractivity (Wildman–Crippen MR) is 119 cm³/mol. The van der Waals surface area contributed by atoms with Crippen molar-refractivity contribution < 1.29 is 4.74 Å². The van der Waals surface area contributed by atoms with Gasteiger partial charge in [0.2, 0.25) is 0 Å². The molecule has 6 nitrogen and oxygen atoms in total. The molecule has 2 N–H and O–H groups in total. The van der Waals surface area contributed by atoms with E-state index in [1.165, 1.54) is 33.5 Å². The lowest BCUT2D eigenvalue weighted by molar-refractivity contribution is 0.0707. The summed E-state index contributed by atoms with van der Waals surface area (Å²) in [5.41, 5.74) is 3.00. The highest BCUT2D eigenvalue weighted by Crippen LogP contribution is 2.24. The van der Waals surface area contributed by atoms with E-state index < -0.39 is 11.2 Å². The van der Waals surface area contributed by atoms with Crippen LogP contribution in [0.15, 0.2) is 76.4 Å². The summed E-state index contributed by atoms with van der Waals surface area (Å²) in [6.07, 6.45) is 4.43. The molecule has 1 aromatic heterocycles. The minimum absolute atomic E-state index is 0.150. The van der Waals surface area contributed by atoms with Gasteiger partial charge in [-0.3, -0.25) is 14.3 Å². The van der Waals surface area contributed by atoms with Crippen LogP contribution in [0.1, 0.15) is 42.0 Å². The predicted octanol–water partition coefficient (Wildman–Crippen LogP) is 3.37. The zero-order chi connectivity index (χ0) is 21.2. The molecule has 0 fully saturated rings. The Morgan fingerprint density at radius 1 is 0.967 bits per heavy atom. The fourth-order valence-corrected chi connectivity index (χ4v) is 3.42. The van der Waals surface area contributed by atoms with Crippen molar-refractivity contribution in [3.05, 3.63) is 104 Å². The summed E-state index contributed by atoms with van der Waals surface area (Å²) in [6.45, 7) is 3.79. The highest BCUT2D eigenvalue weighted by Gasteiger charge is 2.14. The lowest BCUT2D eigenvalue weighted by Crippen LogP contribution is -2.29. The number of ether oxygens (including phenoxy) is 1. The van der Waals surface area contributed by atoms with Gasteiger partial charge in [0, 0.05) is 18.9 Å². The molecule has 1 heterocycles. The molecule has 30 heavy (non-hydrogen) atoms. The molecule has 3 aromatic rings. The van der Waals surface area contributed by atoms with Crippen molar-refractivity contribution in [2.75, 3.05) is 13.2 Å². The molecule has 1 unspecified atom stereocenters. The third kappa shape index (κ3) is 6.27. The Morgan fingerprint density at radius 3 is 2.50 bits per heavy atom. The van der Waals surface area contributed by atoms with E-state index in [9.17, 15) is 9.59 Å². The maximum absolute atomic E-state index is 11.6. The molecule has 2 aromatic carbocycles. The van der Waals surface area contributed by atoms with Gasteiger partial charge >= 0.3 is 5.69 Å². The Hall–Kier alpha value is -2.96. The average molecular weight is 408 g/mol. The average Bonchev–Trinajstić information content (AvgIpc) is 2.75. The highest BCUT2D eigenvalue weighted by molar-refractivity contribution is 5.36. The first kappa shape index (κ1) is 21.7. The number of benzene rings is 2. The smallest absolute Gasteiger partial charge is 0.330 e. The van der Waals surface area contributed by atoms with Gasteiger partial charge in [-0.05, 0) is 49.4 Å². The maximum Gasteiger partial charge on any atom is 0.330 e. The van der Waals surface area contributed by atoms with Crippen LogP contribution in [0, 0.1) is 6.92 Å². The van der Waals surface area contributed by atoms with Crippen molar-refractivity contribution in [3.8, 4) is 0 Å². The molecule has 6 heteroatoms. The van der Waals surface area contributed by atoms with Gasteiger partial charge < -0.3 is 10.1 Å². The van der Waals surface area contributed by atoms with Crippen LogP contribution in [0.25, 0.3) is 0 Å². The molecule has 158 valence electrons. The lowest BCUT2D eigenvalue weighted by Gasteiger charge is -2.22. The number of H-pyrrole nitrogens is 1. The Balaban J connectivity index is 1.42. The summed E-state index contributed by atoms with van der Waals surface area (Å²) in [7, 11) is 0. The second kappa shape index (κ2) is 11.3. The Kier molecular flexibility index (Phi) is 8.18. The lowest BCUT2D eigenvalue weighted by atomic mass is 9.95. The number of nitrogens with zero attached hydrogens (tertiary/aromatic N) is 1. The molecule has 0 aliphatic heterocycles. The van der Waals surface area contributed by atoms with Crippen LogP contribution in [-0.2, 0) is 11.5 Å². The summed E-state index contributed by atoms with van der Waals surface area (Å²) in [5.74, 6) is 0. The van der Waals surface area contributed by atoms with E-state index in [1.807, 2.05) is 6.07 Å². The van der Waals surface area contributed by atoms with E-state index in [0.29, 0.717) is 6.61 Å². The van der Waals surface area contributed by atoms with Crippen molar-refractivity contribution in [3.63, 3.8) is 0 Å². The minimum Gasteiger partial charge on any atom is -0.361 e. The molecule has 0 spiro atoms. The second-order valence-electron chi connectivity index (χ2n) is 7.33. The van der Waals surface area contributed by atoms with Crippen LogP contribution in [-0.4, -0.2) is 22.7 Å². The van der Waals surface area contributed by atoms with E-state index in [-0.39, 0.29) is 12.8 Å². The Morgan fingerprint density at radius 2 is 1.73 bits per heavy atom. The van der Waals surface area contributed by atoms with Crippen LogP contribution < -0.4 is 16.6 Å². The Bertz CT molecular complexity index is 1030. The second-order valence-corrected chi connectivity index (χ2v) is 7.33. The summed E-state index contributed by atoms with van der Waals surface area (Å²) in [4.78, 5) is 24.8. The number of nitrogens with one attached hydrogen (secondary N) is 2. The van der Waals surface area contributed by atoms with Crippen LogP contribution in [0.5, 0.6) is 0 Å². The molecular formula is C24H29N3O3. The molecule has 0 bridgehead atoms. The van der Waals surface area contributed by atoms with Gasteiger partial charge in [-0.25, -0.2) is 4.79 Å². The first-order valence-electron chi connectivity index (χ1n) is 10.4. The van der Waals surface area contributed by atoms with Gasteiger partial charge in [0.05, 0.1) is 6.04 Å². The van der Waals surface area contributed by atoms with Gasteiger partial charge in [-0.15, -0.1) is 0 Å². The largest absolute Gasteiger partial charge is 0.361 e. The number of aromatic nitrogens is 2. The normalized spacial score (nSPS) is 12.0. The van der Waals surface area contributed by atoms with E-state index in [4.69, 9.17) is 4.74 Å². The number of hydrogen-bond donors (Lipinski definition) is 2. The van der Waals surface area contributed by atoms with Crippen molar-refractivity contribution in [2.24, 2.45) is 0 Å². The first-order valence-corrected chi connectivity index (χ1v) is 10.4. The molecule has 3 rings (SSSR count). The van der Waals surface area contributed by atoms with Gasteiger partial charge in [0.15, 0.2) is 0 Å². The molecule has 0 aliphatic carbocycles. The number of aromatic amines is 1. The van der Waals surface area contributed by atoms with Crippen molar-refractivity contribution in [1.29, 1.82) is 0 Å². The van der Waals surface area contributed by atoms with Crippen molar-refractivity contribution in [1.82, 2.24) is 14.9 Å². The quantitative estimate of drug-likeness (QED) is 0.478. The van der Waals surface area contributed by atoms with Gasteiger partial charge in [-0.1, -0.05) is 54.6 Å². The summed E-state index contributed by atoms with van der Waals surface area (Å²) >= 11 is 0. The summed E-state index contributed by atoms with van der Waals surface area (Å²) in [6, 6.07) is 20.5. The molecular weight excluding hydrogens is 378 g/mol. The number of rotatable bonds is 11. The van der Waals surface area contributed by atoms with E-state index in [2.05, 4.69) is 65.8 Å². The number of hydrogen-bond acceptors (Lipinski definition) is 4. The van der Waals surface area contributed by atoms with Crippen LogP contribution in [0.4, 0.5) is 0 Å². The van der Waals surface area contributed by atoms with Gasteiger partial charge in [-0.2, -0.15) is 0 Å². The third-order valence-corrected chi connectivity index (χ3v) is 5.07. The zero-order valence-corrected chi connectivity index (χ0v) is 17.3. The standard InChI is InChI=1S/C24H29N3O3/c1-19-10-6-7-13-21(19)23(20-11-4-2-5-12-20)25-15-8-3-9-17-30-18-27-16-14-22(28)26-24(27)29/h2,4-7,10-14,16,23,25H,3,8-9,15,17-18H2,1H3,(H,26,28,29). The van der Waals surface area contributed by atoms with Crippen molar-refractivity contribution in [2.45, 2.75) is 39.0 Å². The fraction of sp³-hybridized carbons (Fsp3) is 0.333. The topological polar surface area (TPSA) is 76.1 Å². The highest BCUT2D eigenvalue weighted by atomic mass is 16.5. The van der Waals surface area contributed by atoms with Crippen LogP contribution in [0.3, 0.4) is 0 Å². The van der Waals surface area contributed by atoms with Gasteiger partial charge in [0.1, 0.15) is 6.73 Å². The van der Waals surface area contributed by atoms with E-state index in [0.717, 1.165) is 25.8 Å². The zero-order valence-electron chi connectivity index (χ0n) is 17.3. The van der Waals surface area contributed by atoms with E-state index >= 15 is 0 Å². The summed E-state index contributed by atoms with van der Waals surface area (Å²) in [5, 5.41) is 3.70. The SMILES string of the molecule is Cc1ccccc1C(NCCCCCOCn1ccc(=O)[nH]c1=O)c1ccccc1. The minimum atomic E-state index is -0.449. The first-order chi connectivity index (χ1) is 14.6. The van der Waals surface area contributed by atoms with Crippen LogP contribution in [0.2, 0.25) is 0 Å². The maximum atomic E-state index is 11.6. The van der Waals surface area contributed by atoms with Gasteiger partial charge in [0.25, 0.3) is 5.56 Å². The Labute approximate surface area is 176 Å². The molecule has 0 saturated carbocycles. The fourth-order valence-electron chi connectivity index (χ4n) is 3.42. The third-order valence-electron chi connectivity index (χ3n) is 5.07. The van der Waals surface area contributed by atoms with Crippen molar-refractivity contribution >= 4 is 0 Å². The molecule has 0 aliphatic rings. The monoisotopic (exact) mass is 407 g/mol. The molecule has 1 atom stereocenters. The van der Waals surface area contributed by atoms with E-state index in [1.54, 1.807) is 0 Å². The molecule has 0 radical (unpaired) electrons. The molecule has 0 saturated heterocycles. The number of aryl methyl sites for hydroxylation is 1.